The fraction of sp³-hybridized carbons (Fsp3) is 0.278. The molecule has 4 nitrogen and oxygen atoms in total. The Morgan fingerprint density at radius 2 is 1.70 bits per heavy atom. The zero-order valence-corrected chi connectivity index (χ0v) is 13.0. The van der Waals surface area contributed by atoms with Gasteiger partial charge in [-0.15, -0.1) is 0 Å². The topological polar surface area (TPSA) is 47.6 Å². The number of halogens is 1. The number of rotatable bonds is 8. The minimum absolute atomic E-state index is 0.0485. The molecule has 1 amide bonds. The molecule has 122 valence electrons. The van der Waals surface area contributed by atoms with E-state index in [1.54, 1.807) is 19.2 Å². The molecule has 0 aliphatic carbocycles. The van der Waals surface area contributed by atoms with Gasteiger partial charge in [-0.2, -0.15) is 0 Å². The first kappa shape index (κ1) is 16.8. The van der Waals surface area contributed by atoms with Crippen LogP contribution in [0.5, 0.6) is 11.5 Å². The third-order valence-electron chi connectivity index (χ3n) is 3.31. The van der Waals surface area contributed by atoms with Crippen LogP contribution in [0.3, 0.4) is 0 Å². The Morgan fingerprint density at radius 1 is 1.04 bits per heavy atom. The molecule has 0 aromatic heterocycles. The largest absolute Gasteiger partial charge is 0.497 e. The summed E-state index contributed by atoms with van der Waals surface area (Å²) in [5, 5.41) is 2.79. The second-order valence-electron chi connectivity index (χ2n) is 5.00. The number of methoxy groups -OCH3 is 1. The van der Waals surface area contributed by atoms with Crippen LogP contribution < -0.4 is 14.8 Å². The molecule has 0 atom stereocenters. The molecular formula is C18H20FNO3. The predicted molar refractivity (Wildman–Crippen MR) is 86.2 cm³/mol. The van der Waals surface area contributed by atoms with Crippen molar-refractivity contribution in [3.05, 3.63) is 59.9 Å². The number of hydrogen-bond acceptors (Lipinski definition) is 3. The minimum atomic E-state index is -0.270. The number of carbonyl (C=O) groups excluding carboxylic acids is 1. The van der Waals surface area contributed by atoms with Crippen molar-refractivity contribution in [1.82, 2.24) is 5.32 Å². The molecule has 0 radical (unpaired) electrons. The van der Waals surface area contributed by atoms with Crippen molar-refractivity contribution >= 4 is 5.91 Å². The number of amides is 1. The lowest BCUT2D eigenvalue weighted by atomic mass is 10.1. The lowest BCUT2D eigenvalue weighted by Crippen LogP contribution is -2.28. The van der Waals surface area contributed by atoms with Gasteiger partial charge >= 0.3 is 0 Å². The highest BCUT2D eigenvalue weighted by molar-refractivity contribution is 5.76. The number of nitrogens with one attached hydrogen (secondary N) is 1. The lowest BCUT2D eigenvalue weighted by molar-refractivity contribution is -0.121. The number of carbonyl (C=O) groups is 1. The van der Waals surface area contributed by atoms with Gasteiger partial charge in [0.25, 0.3) is 0 Å². The summed E-state index contributed by atoms with van der Waals surface area (Å²) < 4.78 is 23.4. The van der Waals surface area contributed by atoms with Crippen LogP contribution in [0.4, 0.5) is 4.39 Å². The van der Waals surface area contributed by atoms with Crippen LogP contribution in [-0.4, -0.2) is 26.2 Å². The van der Waals surface area contributed by atoms with Gasteiger partial charge in [0.1, 0.15) is 23.9 Å². The van der Waals surface area contributed by atoms with Gasteiger partial charge in [0.15, 0.2) is 0 Å². The highest BCUT2D eigenvalue weighted by Crippen LogP contribution is 2.16. The summed E-state index contributed by atoms with van der Waals surface area (Å²) in [6.07, 6.45) is 0.958. The lowest BCUT2D eigenvalue weighted by Gasteiger charge is -2.08. The van der Waals surface area contributed by atoms with Gasteiger partial charge in [0.05, 0.1) is 13.7 Å². The van der Waals surface area contributed by atoms with E-state index >= 15 is 0 Å². The van der Waals surface area contributed by atoms with E-state index in [0.717, 1.165) is 17.1 Å². The molecule has 1 N–H and O–H groups in total. The van der Waals surface area contributed by atoms with Crippen molar-refractivity contribution in [3.63, 3.8) is 0 Å². The van der Waals surface area contributed by atoms with Crippen molar-refractivity contribution in [2.45, 2.75) is 12.8 Å². The highest BCUT2D eigenvalue weighted by Gasteiger charge is 2.02. The molecule has 0 saturated carbocycles. The average molecular weight is 317 g/mol. The maximum atomic E-state index is 12.8. The van der Waals surface area contributed by atoms with E-state index in [9.17, 15) is 9.18 Å². The van der Waals surface area contributed by atoms with Crippen molar-refractivity contribution in [2.24, 2.45) is 0 Å². The van der Waals surface area contributed by atoms with Gasteiger partial charge in [0.2, 0.25) is 5.91 Å². The van der Waals surface area contributed by atoms with Crippen LogP contribution in [0.25, 0.3) is 0 Å². The Morgan fingerprint density at radius 3 is 2.35 bits per heavy atom. The summed E-state index contributed by atoms with van der Waals surface area (Å²) in [4.78, 5) is 11.7. The Balaban J connectivity index is 1.61. The molecule has 0 unspecified atom stereocenters. The average Bonchev–Trinajstić information content (AvgIpc) is 2.59. The summed E-state index contributed by atoms with van der Waals surface area (Å²) in [6, 6.07) is 13.4. The van der Waals surface area contributed by atoms with Gasteiger partial charge in [0, 0.05) is 6.42 Å². The number of ether oxygens (including phenoxy) is 2. The molecule has 0 aliphatic heterocycles. The summed E-state index contributed by atoms with van der Waals surface area (Å²) in [7, 11) is 1.61. The normalized spacial score (nSPS) is 10.2. The Kier molecular flexibility index (Phi) is 6.41. The minimum Gasteiger partial charge on any atom is -0.497 e. The number of hydrogen-bond donors (Lipinski definition) is 1. The predicted octanol–water partition coefficient (Wildman–Crippen LogP) is 2.96. The molecule has 5 heteroatoms. The van der Waals surface area contributed by atoms with Gasteiger partial charge in [-0.1, -0.05) is 12.1 Å². The molecule has 0 saturated heterocycles. The SMILES string of the molecule is COc1ccc(OCCNC(=O)CCc2ccc(F)cc2)cc1. The van der Waals surface area contributed by atoms with Crippen LogP contribution in [0.1, 0.15) is 12.0 Å². The van der Waals surface area contributed by atoms with Crippen LogP contribution in [-0.2, 0) is 11.2 Å². The Hall–Kier alpha value is -2.56. The third kappa shape index (κ3) is 5.98. The second kappa shape index (κ2) is 8.78. The van der Waals surface area contributed by atoms with E-state index in [2.05, 4.69) is 5.32 Å². The van der Waals surface area contributed by atoms with Crippen LogP contribution in [0.2, 0.25) is 0 Å². The maximum absolute atomic E-state index is 12.8. The van der Waals surface area contributed by atoms with Crippen molar-refractivity contribution < 1.29 is 18.7 Å². The first-order chi connectivity index (χ1) is 11.2. The fourth-order valence-corrected chi connectivity index (χ4v) is 2.03. The van der Waals surface area contributed by atoms with Gasteiger partial charge < -0.3 is 14.8 Å². The maximum Gasteiger partial charge on any atom is 0.220 e. The summed E-state index contributed by atoms with van der Waals surface area (Å²) in [6.45, 7) is 0.836. The molecule has 0 aliphatic rings. The molecule has 2 aromatic rings. The van der Waals surface area contributed by atoms with E-state index in [0.29, 0.717) is 26.0 Å². The summed E-state index contributed by atoms with van der Waals surface area (Å²) in [5.41, 5.74) is 0.941. The molecule has 23 heavy (non-hydrogen) atoms. The summed E-state index contributed by atoms with van der Waals surface area (Å²) >= 11 is 0. The number of benzene rings is 2. The Bertz CT molecular complexity index is 611. The van der Waals surface area contributed by atoms with Gasteiger partial charge in [-0.25, -0.2) is 4.39 Å². The van der Waals surface area contributed by atoms with Crippen molar-refractivity contribution in [2.75, 3.05) is 20.3 Å². The van der Waals surface area contributed by atoms with E-state index in [4.69, 9.17) is 9.47 Å². The molecular weight excluding hydrogens is 297 g/mol. The van der Waals surface area contributed by atoms with Crippen molar-refractivity contribution in [1.29, 1.82) is 0 Å². The molecule has 2 rings (SSSR count). The van der Waals surface area contributed by atoms with E-state index < -0.39 is 0 Å². The van der Waals surface area contributed by atoms with E-state index in [1.165, 1.54) is 12.1 Å². The zero-order chi connectivity index (χ0) is 16.5. The quantitative estimate of drug-likeness (QED) is 0.762. The monoisotopic (exact) mass is 317 g/mol. The van der Waals surface area contributed by atoms with Crippen molar-refractivity contribution in [3.8, 4) is 11.5 Å². The van der Waals surface area contributed by atoms with Crippen LogP contribution >= 0.6 is 0 Å². The van der Waals surface area contributed by atoms with E-state index in [-0.39, 0.29) is 11.7 Å². The van der Waals surface area contributed by atoms with Crippen LogP contribution in [0, 0.1) is 5.82 Å². The zero-order valence-electron chi connectivity index (χ0n) is 13.0. The van der Waals surface area contributed by atoms with Gasteiger partial charge in [-0.3, -0.25) is 4.79 Å². The molecule has 0 heterocycles. The van der Waals surface area contributed by atoms with Crippen LogP contribution in [0.15, 0.2) is 48.5 Å². The van der Waals surface area contributed by atoms with Gasteiger partial charge in [-0.05, 0) is 48.4 Å². The highest BCUT2D eigenvalue weighted by atomic mass is 19.1. The molecule has 2 aromatic carbocycles. The second-order valence-corrected chi connectivity index (χ2v) is 5.00. The first-order valence-electron chi connectivity index (χ1n) is 7.45. The fourth-order valence-electron chi connectivity index (χ4n) is 2.03. The third-order valence-corrected chi connectivity index (χ3v) is 3.31. The molecule has 0 fully saturated rings. The molecule has 0 spiro atoms. The molecule has 0 bridgehead atoms. The summed E-state index contributed by atoms with van der Waals surface area (Å²) in [5.74, 6) is 1.18. The standard InChI is InChI=1S/C18H20FNO3/c1-22-16-7-9-17(10-8-16)23-13-12-20-18(21)11-4-14-2-5-15(19)6-3-14/h2-3,5-10H,4,11-13H2,1H3,(H,20,21). The first-order valence-corrected chi connectivity index (χ1v) is 7.45. The van der Waals surface area contributed by atoms with E-state index in [1.807, 2.05) is 24.3 Å². The number of aryl methyl sites for hydroxylation is 1. The Labute approximate surface area is 135 Å². The smallest absolute Gasteiger partial charge is 0.220 e.